The predicted octanol–water partition coefficient (Wildman–Crippen LogP) is 2.85. The van der Waals surface area contributed by atoms with Gasteiger partial charge < -0.3 is 0 Å². The Balaban J connectivity index is 0. The Bertz CT molecular complexity index is 207. The first-order valence-corrected chi connectivity index (χ1v) is 5.20. The van der Waals surface area contributed by atoms with E-state index in [-0.39, 0.29) is 0 Å². The Morgan fingerprint density at radius 3 is 0.938 bits per heavy atom. The fourth-order valence-electron chi connectivity index (χ4n) is 0.625. The summed E-state index contributed by atoms with van der Waals surface area (Å²) in [6, 6.07) is 11.4. The van der Waals surface area contributed by atoms with Gasteiger partial charge in [0.1, 0.15) is 0 Å². The van der Waals surface area contributed by atoms with Crippen molar-refractivity contribution >= 4 is 12.5 Å². The molecule has 0 saturated carbocycles. The van der Waals surface area contributed by atoms with Gasteiger partial charge in [-0.1, -0.05) is 26.0 Å². The molecule has 0 aliphatic heterocycles. The Kier molecular flexibility index (Phi) is 19.9. The largest absolute Gasteiger partial charge is 0.265 e. The highest BCUT2D eigenvalue weighted by atomic mass is 32.1. The molecular formula is C12H16N2OS. The molecule has 0 aliphatic carbocycles. The molecule has 3 nitrogen and oxygen atoms in total. The van der Waals surface area contributed by atoms with Gasteiger partial charge >= 0.3 is 0 Å². The van der Waals surface area contributed by atoms with E-state index in [1.54, 1.807) is 24.8 Å². The minimum Gasteiger partial charge on any atom is -0.265 e. The van der Waals surface area contributed by atoms with E-state index in [0.717, 1.165) is 0 Å². The molecule has 0 aliphatic rings. The summed E-state index contributed by atoms with van der Waals surface area (Å²) in [4.78, 5) is 7.57. The maximum absolute atomic E-state index is 7.83. The molecule has 4 heteroatoms. The topological polar surface area (TPSA) is 42.9 Å². The van der Waals surface area contributed by atoms with Gasteiger partial charge in [-0.3, -0.25) is 9.97 Å². The molecule has 0 saturated heterocycles. The van der Waals surface area contributed by atoms with Crippen LogP contribution in [0.15, 0.2) is 61.2 Å². The van der Waals surface area contributed by atoms with Crippen LogP contribution in [-0.2, 0) is 12.5 Å². The Morgan fingerprint density at radius 1 is 0.625 bits per heavy atom. The second kappa shape index (κ2) is 19.0. The zero-order valence-corrected chi connectivity index (χ0v) is 10.3. The van der Waals surface area contributed by atoms with Gasteiger partial charge in [0.25, 0.3) is 0 Å². The van der Waals surface area contributed by atoms with E-state index in [4.69, 9.17) is 4.21 Å². The minimum absolute atomic E-state index is 1.75. The lowest BCUT2D eigenvalue weighted by Gasteiger charge is -1.70. The number of rotatable bonds is 0. The van der Waals surface area contributed by atoms with E-state index in [1.807, 2.05) is 50.2 Å². The molecule has 0 atom stereocenters. The fourth-order valence-corrected chi connectivity index (χ4v) is 0.625. The second-order valence-corrected chi connectivity index (χ2v) is 2.05. The standard InChI is InChI=1S/2C5H5N.C2H6.OS/c2*1-2-4-6-5-3-1;2*1-2/h2*1-5H;1-2H3;. The molecule has 0 fully saturated rings. The van der Waals surface area contributed by atoms with E-state index in [9.17, 15) is 0 Å². The fraction of sp³-hybridized carbons (Fsp3) is 0.167. The molecule has 2 heterocycles. The summed E-state index contributed by atoms with van der Waals surface area (Å²) in [6.45, 7) is 4.00. The molecule has 2 aromatic heterocycles. The van der Waals surface area contributed by atoms with Crippen LogP contribution in [0.5, 0.6) is 0 Å². The molecule has 16 heavy (non-hydrogen) atoms. The van der Waals surface area contributed by atoms with Crippen molar-refractivity contribution in [1.29, 1.82) is 0 Å². The van der Waals surface area contributed by atoms with Gasteiger partial charge in [-0.2, -0.15) is 4.21 Å². The summed E-state index contributed by atoms with van der Waals surface area (Å²) in [5.74, 6) is 0. The van der Waals surface area contributed by atoms with Gasteiger partial charge in [0.05, 0.1) is 0 Å². The van der Waals surface area contributed by atoms with Crippen molar-refractivity contribution in [3.8, 4) is 0 Å². The number of hydrogen-bond donors (Lipinski definition) is 0. The lowest BCUT2D eigenvalue weighted by Crippen LogP contribution is -1.58. The molecule has 2 rings (SSSR count). The van der Waals surface area contributed by atoms with Crippen LogP contribution in [0.25, 0.3) is 0 Å². The van der Waals surface area contributed by atoms with Crippen molar-refractivity contribution in [2.45, 2.75) is 13.8 Å². The first-order valence-electron chi connectivity index (χ1n) is 4.87. The quantitative estimate of drug-likeness (QED) is 0.705. The molecule has 0 aromatic carbocycles. The highest BCUT2D eigenvalue weighted by Gasteiger charge is 1.59. The number of aromatic nitrogens is 2. The van der Waals surface area contributed by atoms with E-state index in [1.165, 1.54) is 0 Å². The maximum Gasteiger partial charge on any atom is 0.197 e. The molecule has 0 radical (unpaired) electrons. The second-order valence-electron chi connectivity index (χ2n) is 2.05. The molecular weight excluding hydrogens is 220 g/mol. The van der Waals surface area contributed by atoms with Gasteiger partial charge in [0, 0.05) is 24.8 Å². The lowest BCUT2D eigenvalue weighted by molar-refractivity contribution is 0.702. The van der Waals surface area contributed by atoms with E-state index >= 15 is 0 Å². The van der Waals surface area contributed by atoms with Gasteiger partial charge in [-0.25, -0.2) is 0 Å². The summed E-state index contributed by atoms with van der Waals surface area (Å²) >= 11 is 2.83. The summed E-state index contributed by atoms with van der Waals surface area (Å²) in [5.41, 5.74) is 0. The average molecular weight is 236 g/mol. The zero-order chi connectivity index (χ0) is 12.5. The van der Waals surface area contributed by atoms with Crippen LogP contribution in [0.4, 0.5) is 0 Å². The third kappa shape index (κ3) is 14.8. The highest BCUT2D eigenvalue weighted by Crippen LogP contribution is 1.74. The van der Waals surface area contributed by atoms with Gasteiger partial charge in [-0.15, -0.1) is 0 Å². The molecule has 2 aromatic rings. The molecule has 86 valence electrons. The summed E-state index contributed by atoms with van der Waals surface area (Å²) in [6.07, 6.45) is 7.00. The van der Waals surface area contributed by atoms with Crippen molar-refractivity contribution < 1.29 is 4.21 Å². The molecule has 0 N–H and O–H groups in total. The van der Waals surface area contributed by atoms with E-state index < -0.39 is 0 Å². The Morgan fingerprint density at radius 2 is 0.875 bits per heavy atom. The zero-order valence-electron chi connectivity index (χ0n) is 9.48. The SMILES string of the molecule is CC.O=S.c1ccncc1.c1ccncc1. The van der Waals surface area contributed by atoms with Crippen LogP contribution in [0.1, 0.15) is 13.8 Å². The average Bonchev–Trinajstić information content (AvgIpc) is 2.48. The maximum atomic E-state index is 7.83. The van der Waals surface area contributed by atoms with E-state index in [2.05, 4.69) is 22.5 Å². The van der Waals surface area contributed by atoms with Crippen molar-refractivity contribution in [1.82, 2.24) is 9.97 Å². The van der Waals surface area contributed by atoms with Crippen molar-refractivity contribution in [2.24, 2.45) is 0 Å². The van der Waals surface area contributed by atoms with Crippen molar-refractivity contribution in [3.63, 3.8) is 0 Å². The van der Waals surface area contributed by atoms with Gasteiger partial charge in [0.15, 0.2) is 12.5 Å². The van der Waals surface area contributed by atoms with Crippen LogP contribution in [0.2, 0.25) is 0 Å². The number of hydrogen-bond acceptors (Lipinski definition) is 4. The number of nitrogens with zero attached hydrogens (tertiary/aromatic N) is 2. The van der Waals surface area contributed by atoms with Gasteiger partial charge in [0.2, 0.25) is 0 Å². The third-order valence-corrected chi connectivity index (χ3v) is 1.13. The molecule has 0 bridgehead atoms. The van der Waals surface area contributed by atoms with Crippen LogP contribution in [-0.4, -0.2) is 14.2 Å². The van der Waals surface area contributed by atoms with E-state index in [0.29, 0.717) is 0 Å². The summed E-state index contributed by atoms with van der Waals surface area (Å²) in [5, 5.41) is 0. The van der Waals surface area contributed by atoms with Gasteiger partial charge in [-0.05, 0) is 24.3 Å². The normalized spacial score (nSPS) is 6.62. The number of pyridine rings is 2. The van der Waals surface area contributed by atoms with Crippen LogP contribution in [0.3, 0.4) is 0 Å². The predicted molar refractivity (Wildman–Crippen MR) is 68.0 cm³/mol. The minimum atomic E-state index is 1.75. The van der Waals surface area contributed by atoms with Crippen molar-refractivity contribution in [3.05, 3.63) is 61.2 Å². The Hall–Kier alpha value is -1.68. The summed E-state index contributed by atoms with van der Waals surface area (Å²) in [7, 11) is 0. The van der Waals surface area contributed by atoms with Crippen molar-refractivity contribution in [2.75, 3.05) is 0 Å². The molecule has 0 unspecified atom stereocenters. The first-order chi connectivity index (χ1) is 8.00. The smallest absolute Gasteiger partial charge is 0.197 e. The van der Waals surface area contributed by atoms with Crippen LogP contribution >= 0.6 is 0 Å². The van der Waals surface area contributed by atoms with Crippen LogP contribution < -0.4 is 0 Å². The third-order valence-electron chi connectivity index (χ3n) is 1.13. The lowest BCUT2D eigenvalue weighted by atomic mass is 10.5. The Labute approximate surface area is 102 Å². The first kappa shape index (κ1) is 16.7. The summed E-state index contributed by atoms with van der Waals surface area (Å²) < 4.78 is 7.83. The molecule has 0 spiro atoms. The van der Waals surface area contributed by atoms with Crippen LogP contribution in [0, 0.1) is 0 Å². The monoisotopic (exact) mass is 236 g/mol. The highest BCUT2D eigenvalue weighted by molar-refractivity contribution is 7.44. The molecule has 0 amide bonds.